The number of hydrogen-bond donors (Lipinski definition) is 1. The molecular formula is C39H55NO7. The van der Waals surface area contributed by atoms with Crippen LogP contribution in [0.5, 0.6) is 17.2 Å². The highest BCUT2D eigenvalue weighted by Gasteiger charge is 2.24. The Hall–Kier alpha value is -3.65. The molecule has 0 aromatic heterocycles. The van der Waals surface area contributed by atoms with Gasteiger partial charge in [-0.2, -0.15) is 4.89 Å². The van der Waals surface area contributed by atoms with E-state index in [1.165, 1.54) is 56.4 Å². The van der Waals surface area contributed by atoms with Gasteiger partial charge in [-0.25, -0.2) is 4.79 Å². The van der Waals surface area contributed by atoms with Gasteiger partial charge in [0, 0.05) is 23.8 Å². The molecule has 2 aliphatic carbocycles. The van der Waals surface area contributed by atoms with Gasteiger partial charge in [0.15, 0.2) is 5.75 Å². The molecule has 2 fully saturated rings. The second-order valence-corrected chi connectivity index (χ2v) is 12.6. The van der Waals surface area contributed by atoms with Crippen molar-refractivity contribution in [2.45, 2.75) is 109 Å². The van der Waals surface area contributed by atoms with Crippen LogP contribution in [0.4, 0.5) is 0 Å². The number of benzene rings is 2. The Labute approximate surface area is 281 Å². The van der Waals surface area contributed by atoms with Gasteiger partial charge in [-0.1, -0.05) is 32.4 Å². The monoisotopic (exact) mass is 649 g/mol. The largest absolute Gasteiger partial charge is 0.497 e. The fraction of sp³-hybridized carbons (Fsp3) is 0.564. The van der Waals surface area contributed by atoms with Crippen LogP contribution in [0.3, 0.4) is 0 Å². The van der Waals surface area contributed by atoms with Gasteiger partial charge in [0.2, 0.25) is 0 Å². The maximum absolute atomic E-state index is 10.8. The van der Waals surface area contributed by atoms with Gasteiger partial charge < -0.3 is 29.3 Å². The van der Waals surface area contributed by atoms with Gasteiger partial charge in [-0.15, -0.1) is 0 Å². The van der Waals surface area contributed by atoms with Crippen molar-refractivity contribution in [3.05, 3.63) is 66.2 Å². The molecule has 2 aliphatic rings. The predicted molar refractivity (Wildman–Crippen MR) is 186 cm³/mol. The molecule has 47 heavy (non-hydrogen) atoms. The van der Waals surface area contributed by atoms with E-state index in [-0.39, 0.29) is 18.0 Å². The molecule has 2 aromatic rings. The summed E-state index contributed by atoms with van der Waals surface area (Å²) in [6.45, 7) is 6.77. The minimum atomic E-state index is -0.354. The summed E-state index contributed by atoms with van der Waals surface area (Å²) in [6, 6.07) is 13.7. The number of carbonyl (C=O) groups excluding carboxylic acids is 2. The highest BCUT2D eigenvalue weighted by Crippen LogP contribution is 2.38. The SMILES string of the molecule is C=CC(=O)OCCCCCCOc1ccc(OC)cc1.CCCC1CCC(c2ccc(OOC3CCC(C=O)CC3)c(C=N)c2)CC1. The summed E-state index contributed by atoms with van der Waals surface area (Å²) in [7, 11) is 1.64. The molecule has 4 rings (SSSR count). The summed E-state index contributed by atoms with van der Waals surface area (Å²) in [6.07, 6.45) is 18.8. The van der Waals surface area contributed by atoms with E-state index in [1.807, 2.05) is 30.3 Å². The van der Waals surface area contributed by atoms with Crippen LogP contribution in [-0.4, -0.2) is 44.9 Å². The molecule has 0 atom stereocenters. The zero-order valence-electron chi connectivity index (χ0n) is 28.5. The average Bonchev–Trinajstić information content (AvgIpc) is 3.12. The van der Waals surface area contributed by atoms with Gasteiger partial charge in [-0.3, -0.25) is 0 Å². The third-order valence-corrected chi connectivity index (χ3v) is 9.17. The normalized spacial score (nSPS) is 20.6. The van der Waals surface area contributed by atoms with E-state index in [9.17, 15) is 9.59 Å². The predicted octanol–water partition coefficient (Wildman–Crippen LogP) is 9.19. The molecule has 2 saturated carbocycles. The second-order valence-electron chi connectivity index (χ2n) is 12.6. The Kier molecular flexibility index (Phi) is 17.7. The summed E-state index contributed by atoms with van der Waals surface area (Å²) in [4.78, 5) is 32.8. The van der Waals surface area contributed by atoms with E-state index < -0.39 is 0 Å². The Morgan fingerprint density at radius 2 is 1.57 bits per heavy atom. The Balaban J connectivity index is 0.000000268. The van der Waals surface area contributed by atoms with E-state index in [1.54, 1.807) is 7.11 Å². The maximum Gasteiger partial charge on any atom is 0.330 e. The van der Waals surface area contributed by atoms with Crippen LogP contribution in [0.1, 0.15) is 114 Å². The highest BCUT2D eigenvalue weighted by atomic mass is 17.2. The van der Waals surface area contributed by atoms with Crippen LogP contribution >= 0.6 is 0 Å². The van der Waals surface area contributed by atoms with Crippen LogP contribution in [0, 0.1) is 17.2 Å². The molecule has 2 aromatic carbocycles. The van der Waals surface area contributed by atoms with Crippen molar-refractivity contribution >= 4 is 18.5 Å². The van der Waals surface area contributed by atoms with E-state index in [0.29, 0.717) is 24.9 Å². The second kappa shape index (κ2) is 22.0. The molecule has 0 radical (unpaired) electrons. The molecule has 8 heteroatoms. The fourth-order valence-electron chi connectivity index (χ4n) is 6.29. The number of methoxy groups -OCH3 is 1. The van der Waals surface area contributed by atoms with Crippen LogP contribution in [-0.2, 0) is 19.2 Å². The molecule has 0 spiro atoms. The van der Waals surface area contributed by atoms with Crippen LogP contribution in [0.25, 0.3) is 0 Å². The first-order chi connectivity index (χ1) is 23.0. The lowest BCUT2D eigenvalue weighted by atomic mass is 9.77. The van der Waals surface area contributed by atoms with Gasteiger partial charge in [0.05, 0.1) is 20.3 Å². The molecule has 0 unspecified atom stereocenters. The topological polar surface area (TPSA) is 104 Å². The van der Waals surface area contributed by atoms with E-state index in [4.69, 9.17) is 29.4 Å². The first kappa shape index (κ1) is 37.8. The summed E-state index contributed by atoms with van der Waals surface area (Å²) in [5.74, 6) is 3.62. The third-order valence-electron chi connectivity index (χ3n) is 9.17. The van der Waals surface area contributed by atoms with Gasteiger partial charge in [0.25, 0.3) is 0 Å². The van der Waals surface area contributed by atoms with Gasteiger partial charge >= 0.3 is 5.97 Å². The summed E-state index contributed by atoms with van der Waals surface area (Å²) in [5.41, 5.74) is 2.10. The van der Waals surface area contributed by atoms with Crippen molar-refractivity contribution in [3.8, 4) is 17.2 Å². The summed E-state index contributed by atoms with van der Waals surface area (Å²) in [5, 5.41) is 7.76. The smallest absolute Gasteiger partial charge is 0.330 e. The number of rotatable bonds is 18. The standard InChI is InChI=1S/C23H33NO3.C16H22O4/c1-2-3-17-4-8-19(9-5-17)20-10-13-23(21(14-20)15-24)27-26-22-11-6-18(16-25)7-12-22;1-3-16(17)20-13-7-5-4-6-12-19-15-10-8-14(18-2)9-11-15/h10,13-19,22,24H,2-9,11-12H2,1H3;3,8-11H,1,4-7,12-13H2,2H3. The Morgan fingerprint density at radius 3 is 2.19 bits per heavy atom. The summed E-state index contributed by atoms with van der Waals surface area (Å²) >= 11 is 0. The summed E-state index contributed by atoms with van der Waals surface area (Å²) < 4.78 is 15.6. The lowest BCUT2D eigenvalue weighted by molar-refractivity contribution is -0.252. The first-order valence-electron chi connectivity index (χ1n) is 17.5. The third kappa shape index (κ3) is 13.9. The first-order valence-corrected chi connectivity index (χ1v) is 17.5. The maximum atomic E-state index is 10.8. The lowest BCUT2D eigenvalue weighted by Gasteiger charge is -2.29. The lowest BCUT2D eigenvalue weighted by Crippen LogP contribution is -2.23. The van der Waals surface area contributed by atoms with E-state index in [0.717, 1.165) is 80.6 Å². The van der Waals surface area contributed by atoms with Crippen molar-refractivity contribution < 1.29 is 33.6 Å². The van der Waals surface area contributed by atoms with Crippen LogP contribution in [0.2, 0.25) is 0 Å². The number of esters is 1. The van der Waals surface area contributed by atoms with Gasteiger partial charge in [-0.05, 0) is 131 Å². The molecule has 0 bridgehead atoms. The van der Waals surface area contributed by atoms with Crippen LogP contribution < -0.4 is 14.4 Å². The zero-order valence-corrected chi connectivity index (χ0v) is 28.5. The Morgan fingerprint density at radius 1 is 0.894 bits per heavy atom. The number of aldehydes is 1. The molecule has 1 N–H and O–H groups in total. The quantitative estimate of drug-likeness (QED) is 0.0327. The van der Waals surface area contributed by atoms with Crippen molar-refractivity contribution in [1.29, 1.82) is 5.41 Å². The molecule has 0 saturated heterocycles. The minimum Gasteiger partial charge on any atom is -0.497 e. The highest BCUT2D eigenvalue weighted by molar-refractivity contribution is 5.81. The molecule has 8 nitrogen and oxygen atoms in total. The van der Waals surface area contributed by atoms with Crippen molar-refractivity contribution in [1.82, 2.24) is 0 Å². The fourth-order valence-corrected chi connectivity index (χ4v) is 6.29. The van der Waals surface area contributed by atoms with Crippen molar-refractivity contribution in [2.75, 3.05) is 20.3 Å². The van der Waals surface area contributed by atoms with E-state index >= 15 is 0 Å². The average molecular weight is 650 g/mol. The molecule has 0 heterocycles. The molecular weight excluding hydrogens is 594 g/mol. The number of hydrogen-bond acceptors (Lipinski definition) is 8. The Bertz CT molecular complexity index is 1200. The van der Waals surface area contributed by atoms with Crippen molar-refractivity contribution in [2.24, 2.45) is 11.8 Å². The minimum absolute atomic E-state index is 0.0355. The zero-order chi connectivity index (χ0) is 33.7. The van der Waals surface area contributed by atoms with Crippen LogP contribution in [0.15, 0.2) is 55.1 Å². The van der Waals surface area contributed by atoms with Crippen molar-refractivity contribution in [3.63, 3.8) is 0 Å². The number of ether oxygens (including phenoxy) is 3. The molecule has 0 amide bonds. The number of unbranched alkanes of at least 4 members (excludes halogenated alkanes) is 3. The molecule has 258 valence electrons. The molecule has 0 aliphatic heterocycles. The van der Waals surface area contributed by atoms with E-state index in [2.05, 4.69) is 25.6 Å². The number of carbonyl (C=O) groups is 2. The van der Waals surface area contributed by atoms with Gasteiger partial charge in [0.1, 0.15) is 23.9 Å². The number of nitrogens with one attached hydrogen (secondary N) is 1.